The summed E-state index contributed by atoms with van der Waals surface area (Å²) in [6.45, 7) is 0. The van der Waals surface area contributed by atoms with Crippen molar-refractivity contribution in [3.8, 4) is 0 Å². The molecule has 1 heterocycles. The molecule has 0 unspecified atom stereocenters. The van der Waals surface area contributed by atoms with Gasteiger partial charge >= 0.3 is 0 Å². The summed E-state index contributed by atoms with van der Waals surface area (Å²) in [5.74, 6) is 0. The number of nitrogens with one attached hydrogen (secondary N) is 1. The highest BCUT2D eigenvalue weighted by molar-refractivity contribution is 7.99. The predicted octanol–water partition coefficient (Wildman–Crippen LogP) is 4.19. The average Bonchev–Trinajstić information content (AvgIpc) is 2.86. The minimum Gasteiger partial charge on any atom is -0.351 e. The van der Waals surface area contributed by atoms with Crippen LogP contribution in [-0.4, -0.2) is 25.9 Å². The van der Waals surface area contributed by atoms with Crippen molar-refractivity contribution in [3.05, 3.63) is 53.2 Å². The van der Waals surface area contributed by atoms with Crippen LogP contribution in [0.2, 0.25) is 5.02 Å². The number of H-pyrrole nitrogens is 1. The summed E-state index contributed by atoms with van der Waals surface area (Å²) < 4.78 is 23.3. The van der Waals surface area contributed by atoms with Gasteiger partial charge in [-0.15, -0.1) is 0 Å². The molecule has 3 aromatic rings. The topological polar surface area (TPSA) is 67.0 Å². The lowest BCUT2D eigenvalue weighted by molar-refractivity contribution is 0.111. The molecule has 0 saturated carbocycles. The fraction of sp³-hybridized carbons (Fsp3) is 0.0625. The third kappa shape index (κ3) is 3.15. The van der Waals surface area contributed by atoms with E-state index in [-0.39, 0.29) is 4.90 Å². The fourth-order valence-electron chi connectivity index (χ4n) is 2.23. The smallest absolute Gasteiger partial charge is 0.175 e. The Hall–Kier alpha value is -1.76. The third-order valence-corrected chi connectivity index (χ3v) is 6.12. The normalized spacial score (nSPS) is 11.7. The van der Waals surface area contributed by atoms with E-state index in [1.54, 1.807) is 12.1 Å². The van der Waals surface area contributed by atoms with Crippen LogP contribution in [0.4, 0.5) is 0 Å². The highest BCUT2D eigenvalue weighted by Crippen LogP contribution is 2.39. The van der Waals surface area contributed by atoms with Gasteiger partial charge in [0.15, 0.2) is 16.1 Å². The molecule has 23 heavy (non-hydrogen) atoms. The largest absolute Gasteiger partial charge is 0.351 e. The summed E-state index contributed by atoms with van der Waals surface area (Å²) in [4.78, 5) is 16.1. The second-order valence-electron chi connectivity index (χ2n) is 5.00. The summed E-state index contributed by atoms with van der Waals surface area (Å²) in [6.07, 6.45) is 1.87. The third-order valence-electron chi connectivity index (χ3n) is 3.34. The van der Waals surface area contributed by atoms with Gasteiger partial charge < -0.3 is 4.98 Å². The maximum atomic E-state index is 11.7. The number of rotatable bonds is 4. The number of aldehydes is 1. The highest BCUT2D eigenvalue weighted by atomic mass is 35.5. The van der Waals surface area contributed by atoms with Crippen molar-refractivity contribution in [2.75, 3.05) is 6.26 Å². The quantitative estimate of drug-likeness (QED) is 0.704. The molecule has 1 aromatic heterocycles. The van der Waals surface area contributed by atoms with Crippen molar-refractivity contribution in [3.63, 3.8) is 0 Å². The molecule has 0 spiro atoms. The van der Waals surface area contributed by atoms with E-state index in [1.165, 1.54) is 23.9 Å². The number of carbonyl (C=O) groups is 1. The van der Waals surface area contributed by atoms with Crippen molar-refractivity contribution in [1.29, 1.82) is 0 Å². The Kier molecular flexibility index (Phi) is 4.23. The minimum absolute atomic E-state index is 0.206. The lowest BCUT2D eigenvalue weighted by atomic mass is 10.2. The van der Waals surface area contributed by atoms with Crippen LogP contribution in [0, 0.1) is 0 Å². The van der Waals surface area contributed by atoms with Crippen LogP contribution >= 0.6 is 23.4 Å². The van der Waals surface area contributed by atoms with Gasteiger partial charge in [-0.1, -0.05) is 41.6 Å². The van der Waals surface area contributed by atoms with Gasteiger partial charge in [-0.2, -0.15) is 0 Å². The van der Waals surface area contributed by atoms with Crippen LogP contribution in [0.5, 0.6) is 0 Å². The number of hydrogen-bond donors (Lipinski definition) is 1. The molecule has 0 atom stereocenters. The molecule has 7 heteroatoms. The lowest BCUT2D eigenvalue weighted by Gasteiger charge is -2.04. The number of fused-ring (bicyclic) bond motifs is 1. The molecule has 0 bridgehead atoms. The molecule has 3 rings (SSSR count). The first kappa shape index (κ1) is 16.1. The van der Waals surface area contributed by atoms with Gasteiger partial charge in [-0.25, -0.2) is 8.42 Å². The number of hydrogen-bond acceptors (Lipinski definition) is 4. The minimum atomic E-state index is -3.31. The monoisotopic (exact) mass is 365 g/mol. The number of benzene rings is 2. The molecule has 0 aliphatic rings. The van der Waals surface area contributed by atoms with E-state index in [0.29, 0.717) is 16.2 Å². The van der Waals surface area contributed by atoms with Gasteiger partial charge in [-0.3, -0.25) is 4.79 Å². The first-order chi connectivity index (χ1) is 10.9. The zero-order valence-electron chi connectivity index (χ0n) is 12.0. The number of halogens is 1. The number of aromatic amines is 1. The van der Waals surface area contributed by atoms with Crippen molar-refractivity contribution < 1.29 is 13.2 Å². The Bertz CT molecular complexity index is 1010. The van der Waals surface area contributed by atoms with Gasteiger partial charge in [0.1, 0.15) is 0 Å². The van der Waals surface area contributed by atoms with E-state index in [4.69, 9.17) is 11.6 Å². The molecule has 4 nitrogen and oxygen atoms in total. The maximum Gasteiger partial charge on any atom is 0.175 e. The Balaban J connectivity index is 2.16. The van der Waals surface area contributed by atoms with Crippen molar-refractivity contribution in [2.45, 2.75) is 14.7 Å². The second kappa shape index (κ2) is 6.03. The molecule has 0 amide bonds. The summed E-state index contributed by atoms with van der Waals surface area (Å²) in [7, 11) is -3.31. The summed E-state index contributed by atoms with van der Waals surface area (Å²) >= 11 is 7.55. The molecule has 0 saturated heterocycles. The molecule has 2 aromatic carbocycles. The summed E-state index contributed by atoms with van der Waals surface area (Å²) in [5, 5.41) is 1.38. The standard InChI is InChI=1S/C16H12ClNO3S2/c1-23(20,21)10-6-7-11-13(8-10)18-14(9-19)16(11)22-15-5-3-2-4-12(15)17/h2-9,18H,1H3. The van der Waals surface area contributed by atoms with Gasteiger partial charge in [0, 0.05) is 26.9 Å². The maximum absolute atomic E-state index is 11.7. The van der Waals surface area contributed by atoms with E-state index < -0.39 is 9.84 Å². The molecule has 118 valence electrons. The zero-order valence-corrected chi connectivity index (χ0v) is 14.4. The summed E-state index contributed by atoms with van der Waals surface area (Å²) in [6, 6.07) is 12.1. The van der Waals surface area contributed by atoms with Gasteiger partial charge in [0.25, 0.3) is 0 Å². The van der Waals surface area contributed by atoms with Crippen LogP contribution in [0.1, 0.15) is 10.5 Å². The lowest BCUT2D eigenvalue weighted by Crippen LogP contribution is -1.96. The van der Waals surface area contributed by atoms with E-state index in [1.807, 2.05) is 18.2 Å². The first-order valence-electron chi connectivity index (χ1n) is 6.63. The van der Waals surface area contributed by atoms with Crippen molar-refractivity contribution >= 4 is 50.4 Å². The van der Waals surface area contributed by atoms with Gasteiger partial charge in [0.2, 0.25) is 0 Å². The molecule has 1 N–H and O–H groups in total. The van der Waals surface area contributed by atoms with Crippen LogP contribution < -0.4 is 0 Å². The van der Waals surface area contributed by atoms with Crippen LogP contribution in [0.15, 0.2) is 57.2 Å². The van der Waals surface area contributed by atoms with E-state index >= 15 is 0 Å². The predicted molar refractivity (Wildman–Crippen MR) is 92.4 cm³/mol. The Morgan fingerprint density at radius 2 is 1.91 bits per heavy atom. The van der Waals surface area contributed by atoms with Gasteiger partial charge in [0.05, 0.1) is 15.6 Å². The highest BCUT2D eigenvalue weighted by Gasteiger charge is 2.16. The van der Waals surface area contributed by atoms with Crippen molar-refractivity contribution in [2.24, 2.45) is 0 Å². The number of sulfone groups is 1. The second-order valence-corrected chi connectivity index (χ2v) is 8.47. The van der Waals surface area contributed by atoms with E-state index in [9.17, 15) is 13.2 Å². The summed E-state index contributed by atoms with van der Waals surface area (Å²) in [5.41, 5.74) is 1.00. The Morgan fingerprint density at radius 1 is 1.17 bits per heavy atom. The molecular formula is C16H12ClNO3S2. The average molecular weight is 366 g/mol. The van der Waals surface area contributed by atoms with Crippen LogP contribution in [0.3, 0.4) is 0 Å². The van der Waals surface area contributed by atoms with Crippen LogP contribution in [0.25, 0.3) is 10.9 Å². The van der Waals surface area contributed by atoms with Gasteiger partial charge in [-0.05, 0) is 24.3 Å². The molecule has 0 radical (unpaired) electrons. The van der Waals surface area contributed by atoms with Crippen molar-refractivity contribution in [1.82, 2.24) is 4.98 Å². The molecule has 0 aliphatic heterocycles. The number of carbonyl (C=O) groups excluding carboxylic acids is 1. The SMILES string of the molecule is CS(=O)(=O)c1ccc2c(Sc3ccccc3Cl)c(C=O)[nH]c2c1. The molecule has 0 fully saturated rings. The Morgan fingerprint density at radius 3 is 2.57 bits per heavy atom. The Labute approximate surface area is 142 Å². The molecule has 0 aliphatic carbocycles. The number of aromatic nitrogens is 1. The zero-order chi connectivity index (χ0) is 16.6. The van der Waals surface area contributed by atoms with E-state index in [2.05, 4.69) is 4.98 Å². The van der Waals surface area contributed by atoms with E-state index in [0.717, 1.165) is 27.7 Å². The molecular weight excluding hydrogens is 354 g/mol. The van der Waals surface area contributed by atoms with Crippen LogP contribution in [-0.2, 0) is 9.84 Å². The fourth-order valence-corrected chi connectivity index (χ4v) is 4.16. The first-order valence-corrected chi connectivity index (χ1v) is 9.72.